The molecule has 4 atom stereocenters. The minimum Gasteiger partial charge on any atom is -0.492 e. The molecule has 2 saturated heterocycles. The zero-order chi connectivity index (χ0) is 33.4. The van der Waals surface area contributed by atoms with Crippen LogP contribution in [-0.2, 0) is 35.1 Å². The topological polar surface area (TPSA) is 164 Å². The molecule has 13 heteroatoms. The number of piperidine rings is 1. The summed E-state index contributed by atoms with van der Waals surface area (Å²) in [5, 5.41) is 11.0. The largest absolute Gasteiger partial charge is 0.492 e. The molecule has 4 heterocycles. The van der Waals surface area contributed by atoms with Crippen LogP contribution in [-0.4, -0.2) is 97.1 Å². The van der Waals surface area contributed by atoms with E-state index in [1.54, 1.807) is 36.1 Å². The van der Waals surface area contributed by atoms with Gasteiger partial charge in [-0.05, 0) is 56.5 Å². The predicted octanol–water partition coefficient (Wildman–Crippen LogP) is 0.851. The van der Waals surface area contributed by atoms with E-state index in [9.17, 15) is 24.0 Å². The highest BCUT2D eigenvalue weighted by molar-refractivity contribution is 5.95. The average Bonchev–Trinajstić information content (AvgIpc) is 3.62. The Morgan fingerprint density at radius 3 is 2.19 bits per heavy atom. The maximum Gasteiger partial charge on any atom is 0.264 e. The van der Waals surface area contributed by atoms with Crippen LogP contribution < -0.4 is 30.7 Å². The molecule has 4 aliphatic heterocycles. The molecule has 1 spiro atoms. The summed E-state index contributed by atoms with van der Waals surface area (Å²) in [7, 11) is 0. The van der Waals surface area contributed by atoms with Gasteiger partial charge in [0.1, 0.15) is 42.3 Å². The zero-order valence-corrected chi connectivity index (χ0v) is 26.8. The monoisotopic (exact) mass is 649 g/mol. The first-order valence-corrected chi connectivity index (χ1v) is 16.2. The van der Waals surface area contributed by atoms with Crippen LogP contribution in [0.3, 0.4) is 0 Å². The molecule has 6 rings (SSSR count). The van der Waals surface area contributed by atoms with Crippen LogP contribution in [0.4, 0.5) is 0 Å². The minimum atomic E-state index is -1.37. The van der Waals surface area contributed by atoms with Crippen molar-refractivity contribution in [2.45, 2.75) is 75.8 Å². The van der Waals surface area contributed by atoms with Crippen molar-refractivity contribution in [2.75, 3.05) is 32.8 Å². The highest BCUT2D eigenvalue weighted by Gasteiger charge is 2.46. The smallest absolute Gasteiger partial charge is 0.264 e. The Bertz CT molecular complexity index is 1420. The van der Waals surface area contributed by atoms with Gasteiger partial charge < -0.3 is 40.4 Å². The molecule has 2 fully saturated rings. The Morgan fingerprint density at radius 1 is 0.830 bits per heavy atom. The molecule has 47 heavy (non-hydrogen) atoms. The van der Waals surface area contributed by atoms with E-state index >= 15 is 0 Å². The lowest BCUT2D eigenvalue weighted by Crippen LogP contribution is -2.62. The molecule has 0 unspecified atom stereocenters. The van der Waals surface area contributed by atoms with Gasteiger partial charge in [0.15, 0.2) is 5.60 Å². The Labute approximate surface area is 274 Å². The van der Waals surface area contributed by atoms with Gasteiger partial charge in [0, 0.05) is 39.0 Å². The quantitative estimate of drug-likeness (QED) is 0.356. The Kier molecular flexibility index (Phi) is 11.0. The number of hydrogen-bond acceptors (Lipinski definition) is 8. The summed E-state index contributed by atoms with van der Waals surface area (Å²) in [5.74, 6) is -1.17. The normalized spacial score (nSPS) is 25.9. The van der Waals surface area contributed by atoms with E-state index in [0.29, 0.717) is 24.5 Å². The zero-order valence-electron chi connectivity index (χ0n) is 26.8. The van der Waals surface area contributed by atoms with Crippen LogP contribution in [0.2, 0.25) is 0 Å². The van der Waals surface area contributed by atoms with Gasteiger partial charge in [-0.25, -0.2) is 0 Å². The van der Waals surface area contributed by atoms with Crippen molar-refractivity contribution in [1.82, 2.24) is 26.2 Å². The van der Waals surface area contributed by atoms with Crippen molar-refractivity contribution in [2.24, 2.45) is 0 Å². The Morgan fingerprint density at radius 2 is 1.51 bits per heavy atom. The molecule has 5 amide bonds. The van der Waals surface area contributed by atoms with Crippen LogP contribution in [0.15, 0.2) is 54.6 Å². The van der Waals surface area contributed by atoms with E-state index in [-0.39, 0.29) is 51.4 Å². The summed E-state index contributed by atoms with van der Waals surface area (Å²) in [6.45, 7) is 4.57. The summed E-state index contributed by atoms with van der Waals surface area (Å²) in [6.07, 6.45) is 1.60. The van der Waals surface area contributed by atoms with E-state index in [1.807, 2.05) is 30.3 Å². The maximum atomic E-state index is 14.0. The lowest BCUT2D eigenvalue weighted by atomic mass is 9.89. The molecule has 4 N–H and O–H groups in total. The molecular formula is C34H43N5O8. The van der Waals surface area contributed by atoms with Gasteiger partial charge in [-0.15, -0.1) is 0 Å². The highest BCUT2D eigenvalue weighted by Crippen LogP contribution is 2.31. The molecule has 0 aliphatic carbocycles. The molecule has 2 bridgehead atoms. The molecule has 0 aromatic heterocycles. The van der Waals surface area contributed by atoms with Gasteiger partial charge >= 0.3 is 0 Å². The van der Waals surface area contributed by atoms with Crippen molar-refractivity contribution in [3.63, 3.8) is 0 Å². The second kappa shape index (κ2) is 15.3. The lowest BCUT2D eigenvalue weighted by molar-refractivity contribution is -0.151. The molecule has 2 aromatic carbocycles. The van der Waals surface area contributed by atoms with Crippen molar-refractivity contribution < 1.29 is 38.2 Å². The fourth-order valence-electron chi connectivity index (χ4n) is 5.89. The van der Waals surface area contributed by atoms with Crippen molar-refractivity contribution in [3.05, 3.63) is 60.2 Å². The fourth-order valence-corrected chi connectivity index (χ4v) is 5.89. The van der Waals surface area contributed by atoms with E-state index in [2.05, 4.69) is 21.3 Å². The van der Waals surface area contributed by atoms with E-state index in [1.165, 1.54) is 6.92 Å². The third-order valence-corrected chi connectivity index (χ3v) is 8.72. The van der Waals surface area contributed by atoms with Gasteiger partial charge in [-0.3, -0.25) is 24.0 Å². The SMILES string of the molecule is C[C@@H]1NC(=O)[C@H](Cc2ccccc2)NC(=O)[C@H](C)NC(=O)C2(CCN(C(=O)[C@@H]3CCCO3)CC2)Oc2ccc(cc2)OCCNC1=O. The van der Waals surface area contributed by atoms with Gasteiger partial charge in [-0.2, -0.15) is 0 Å². The highest BCUT2D eigenvalue weighted by atomic mass is 16.5. The predicted molar refractivity (Wildman–Crippen MR) is 170 cm³/mol. The molecule has 0 saturated carbocycles. The molecule has 2 aromatic rings. The van der Waals surface area contributed by atoms with E-state index < -0.39 is 53.5 Å². The lowest BCUT2D eigenvalue weighted by Gasteiger charge is -2.41. The van der Waals surface area contributed by atoms with Crippen molar-refractivity contribution >= 4 is 29.5 Å². The summed E-state index contributed by atoms with van der Waals surface area (Å²) in [5.41, 5.74) is -0.568. The number of amides is 5. The van der Waals surface area contributed by atoms with E-state index in [4.69, 9.17) is 14.2 Å². The van der Waals surface area contributed by atoms with Crippen LogP contribution in [0.5, 0.6) is 11.5 Å². The number of carbonyl (C=O) groups excluding carboxylic acids is 5. The number of nitrogens with one attached hydrogen (secondary N) is 4. The maximum absolute atomic E-state index is 14.0. The van der Waals surface area contributed by atoms with Gasteiger partial charge in [0.2, 0.25) is 17.7 Å². The number of hydrogen-bond donors (Lipinski definition) is 4. The van der Waals surface area contributed by atoms with Gasteiger partial charge in [0.05, 0.1) is 6.54 Å². The number of rotatable bonds is 3. The van der Waals surface area contributed by atoms with Gasteiger partial charge in [-0.1, -0.05) is 30.3 Å². The second-order valence-electron chi connectivity index (χ2n) is 12.2. The summed E-state index contributed by atoms with van der Waals surface area (Å²) < 4.78 is 17.7. The Balaban J connectivity index is 1.37. The molecular weight excluding hydrogens is 606 g/mol. The van der Waals surface area contributed by atoms with Crippen LogP contribution in [0.1, 0.15) is 45.1 Å². The molecule has 252 valence electrons. The summed E-state index contributed by atoms with van der Waals surface area (Å²) in [4.78, 5) is 68.3. The molecule has 0 radical (unpaired) electrons. The number of fused-ring (bicyclic) bond motifs is 15. The van der Waals surface area contributed by atoms with Crippen LogP contribution in [0, 0.1) is 0 Å². The van der Waals surface area contributed by atoms with Crippen molar-refractivity contribution in [1.29, 1.82) is 0 Å². The summed E-state index contributed by atoms with van der Waals surface area (Å²) >= 11 is 0. The first kappa shape index (κ1) is 33.7. The fraction of sp³-hybridized carbons (Fsp3) is 0.500. The summed E-state index contributed by atoms with van der Waals surface area (Å²) in [6, 6.07) is 13.0. The second-order valence-corrected chi connectivity index (χ2v) is 12.2. The Hall–Kier alpha value is -4.65. The van der Waals surface area contributed by atoms with Crippen LogP contribution >= 0.6 is 0 Å². The molecule has 4 aliphatic rings. The third kappa shape index (κ3) is 8.59. The number of benzene rings is 2. The van der Waals surface area contributed by atoms with Gasteiger partial charge in [0.25, 0.3) is 11.8 Å². The number of carbonyl (C=O) groups is 5. The standard InChI is InChI=1S/C34H43N5O8/c1-22-29(40)35-16-20-45-25-10-12-26(13-11-25)47-34(14-17-39(18-15-34)32(43)28-9-6-19-46-28)33(44)37-23(2)30(41)38-27(31(42)36-22)21-24-7-4-3-5-8-24/h3-5,7-8,10-13,22-23,27-28H,6,9,14-21H2,1-2H3,(H,35,40)(H,36,42)(H,37,44)(H,38,41)/t22-,23-,27-,28-/m0/s1. The number of likely N-dealkylation sites (tertiary alicyclic amines) is 1. The first-order valence-electron chi connectivity index (χ1n) is 16.2. The van der Waals surface area contributed by atoms with Crippen LogP contribution in [0.25, 0.3) is 0 Å². The third-order valence-electron chi connectivity index (χ3n) is 8.72. The number of nitrogens with zero attached hydrogens (tertiary/aromatic N) is 1. The van der Waals surface area contributed by atoms with Crippen molar-refractivity contribution in [3.8, 4) is 11.5 Å². The molecule has 13 nitrogen and oxygen atoms in total. The average molecular weight is 650 g/mol. The minimum absolute atomic E-state index is 0.0906. The van der Waals surface area contributed by atoms with E-state index in [0.717, 1.165) is 12.0 Å². The first-order chi connectivity index (χ1) is 22.6. The number of ether oxygens (including phenoxy) is 3.